The molecule has 19 heavy (non-hydrogen) atoms. The third kappa shape index (κ3) is 2.30. The summed E-state index contributed by atoms with van der Waals surface area (Å²) in [6, 6.07) is 11.1. The minimum atomic E-state index is -0.232. The highest BCUT2D eigenvalue weighted by molar-refractivity contribution is 9.10. The summed E-state index contributed by atoms with van der Waals surface area (Å²) in [6.45, 7) is 0. The van der Waals surface area contributed by atoms with Crippen LogP contribution in [0.25, 0.3) is 11.6 Å². The molecule has 0 saturated heterocycles. The number of rotatable bonds is 1. The van der Waals surface area contributed by atoms with E-state index in [1.165, 1.54) is 22.8 Å². The van der Waals surface area contributed by atoms with E-state index in [9.17, 15) is 4.39 Å². The molecule has 0 bridgehead atoms. The van der Waals surface area contributed by atoms with Crippen molar-refractivity contribution in [3.8, 4) is 0 Å². The summed E-state index contributed by atoms with van der Waals surface area (Å²) in [4.78, 5) is 0. The van der Waals surface area contributed by atoms with Crippen molar-refractivity contribution in [1.29, 1.82) is 0 Å². The molecule has 0 heterocycles. The lowest BCUT2D eigenvalue weighted by atomic mass is 10.0. The maximum atomic E-state index is 13.5. The van der Waals surface area contributed by atoms with Gasteiger partial charge in [0, 0.05) is 5.69 Å². The highest BCUT2D eigenvalue weighted by Gasteiger charge is 2.16. The monoisotopic (exact) mass is 317 g/mol. The van der Waals surface area contributed by atoms with Crippen LogP contribution in [0.4, 0.5) is 10.1 Å². The predicted molar refractivity (Wildman–Crippen MR) is 81.1 cm³/mol. The molecule has 0 aromatic heterocycles. The Morgan fingerprint density at radius 1 is 1.16 bits per heavy atom. The second-order valence-corrected chi connectivity index (χ2v) is 5.52. The lowest BCUT2D eigenvalue weighted by molar-refractivity contribution is 0.621. The summed E-state index contributed by atoms with van der Waals surface area (Å²) in [5.41, 5.74) is 11.2. The Hall–Kier alpha value is -1.61. The Morgan fingerprint density at radius 2 is 2.00 bits per heavy atom. The summed E-state index contributed by atoms with van der Waals surface area (Å²) in [7, 11) is 0. The maximum Gasteiger partial charge on any atom is 0.137 e. The number of allylic oxidation sites excluding steroid dienone is 1. The van der Waals surface area contributed by atoms with Gasteiger partial charge >= 0.3 is 0 Å². The largest absolute Gasteiger partial charge is 0.399 e. The third-order valence-electron chi connectivity index (χ3n) is 3.45. The molecule has 0 aliphatic heterocycles. The van der Waals surface area contributed by atoms with E-state index in [-0.39, 0.29) is 5.82 Å². The van der Waals surface area contributed by atoms with Crippen LogP contribution in [0.3, 0.4) is 0 Å². The molecule has 0 unspecified atom stereocenters. The molecule has 1 aliphatic rings. The Labute approximate surface area is 120 Å². The van der Waals surface area contributed by atoms with Crippen LogP contribution >= 0.6 is 15.9 Å². The standard InChI is InChI=1S/C16H13BrFN/c17-16-12(2-1-3-15(16)18)8-10-4-5-11-9-13(19)6-7-14(10)11/h1-3,6-9H,4-5,19H2/b10-8+. The van der Waals surface area contributed by atoms with Gasteiger partial charge in [-0.05, 0) is 75.3 Å². The fourth-order valence-corrected chi connectivity index (χ4v) is 2.89. The molecule has 2 aromatic rings. The van der Waals surface area contributed by atoms with Crippen LogP contribution in [0.1, 0.15) is 23.1 Å². The minimum Gasteiger partial charge on any atom is -0.399 e. The Morgan fingerprint density at radius 3 is 2.84 bits per heavy atom. The topological polar surface area (TPSA) is 26.0 Å². The van der Waals surface area contributed by atoms with Gasteiger partial charge in [-0.15, -0.1) is 0 Å². The first kappa shape index (κ1) is 12.4. The molecule has 1 aliphatic carbocycles. The van der Waals surface area contributed by atoms with Gasteiger partial charge in [0.15, 0.2) is 0 Å². The van der Waals surface area contributed by atoms with Gasteiger partial charge in [0.05, 0.1) is 4.47 Å². The van der Waals surface area contributed by atoms with E-state index < -0.39 is 0 Å². The van der Waals surface area contributed by atoms with Crippen molar-refractivity contribution in [2.45, 2.75) is 12.8 Å². The van der Waals surface area contributed by atoms with Crippen LogP contribution in [0, 0.1) is 5.82 Å². The normalized spacial score (nSPS) is 15.8. The highest BCUT2D eigenvalue weighted by atomic mass is 79.9. The van der Waals surface area contributed by atoms with E-state index in [0.717, 1.165) is 24.1 Å². The van der Waals surface area contributed by atoms with E-state index in [2.05, 4.69) is 28.1 Å². The molecule has 1 nitrogen and oxygen atoms in total. The average molecular weight is 318 g/mol. The van der Waals surface area contributed by atoms with Crippen molar-refractivity contribution in [3.63, 3.8) is 0 Å². The van der Waals surface area contributed by atoms with Crippen molar-refractivity contribution in [2.24, 2.45) is 0 Å². The number of nitrogen functional groups attached to an aromatic ring is 1. The Balaban J connectivity index is 2.06. The molecule has 0 spiro atoms. The first-order chi connectivity index (χ1) is 9.15. The molecule has 0 amide bonds. The van der Waals surface area contributed by atoms with Gasteiger partial charge in [0.25, 0.3) is 0 Å². The summed E-state index contributed by atoms with van der Waals surface area (Å²) in [6.07, 6.45) is 4.02. The molecular formula is C16H13BrFN. The van der Waals surface area contributed by atoms with E-state index >= 15 is 0 Å². The summed E-state index contributed by atoms with van der Waals surface area (Å²) in [5, 5.41) is 0. The van der Waals surface area contributed by atoms with Gasteiger partial charge in [-0.25, -0.2) is 4.39 Å². The van der Waals surface area contributed by atoms with Crippen LogP contribution in [0.2, 0.25) is 0 Å². The third-order valence-corrected chi connectivity index (χ3v) is 4.29. The van der Waals surface area contributed by atoms with Crippen LogP contribution in [-0.4, -0.2) is 0 Å². The van der Waals surface area contributed by atoms with Crippen molar-refractivity contribution in [3.05, 3.63) is 63.4 Å². The van der Waals surface area contributed by atoms with Crippen molar-refractivity contribution in [1.82, 2.24) is 0 Å². The summed E-state index contributed by atoms with van der Waals surface area (Å²) < 4.78 is 14.0. The molecule has 0 atom stereocenters. The fourth-order valence-electron chi connectivity index (χ4n) is 2.51. The molecule has 2 aromatic carbocycles. The lowest BCUT2D eigenvalue weighted by Gasteiger charge is -2.04. The summed E-state index contributed by atoms with van der Waals surface area (Å²) in [5.74, 6) is -0.232. The van der Waals surface area contributed by atoms with Gasteiger partial charge in [-0.1, -0.05) is 18.2 Å². The van der Waals surface area contributed by atoms with Crippen LogP contribution < -0.4 is 5.73 Å². The molecule has 0 radical (unpaired) electrons. The van der Waals surface area contributed by atoms with Gasteiger partial charge in [0.1, 0.15) is 5.82 Å². The Kier molecular flexibility index (Phi) is 3.15. The minimum absolute atomic E-state index is 0.232. The SMILES string of the molecule is Nc1ccc2c(c1)CC/C2=C\c1cccc(F)c1Br. The van der Waals surface area contributed by atoms with Crippen LogP contribution in [0.15, 0.2) is 40.9 Å². The lowest BCUT2D eigenvalue weighted by Crippen LogP contribution is -1.88. The quantitative estimate of drug-likeness (QED) is 0.761. The number of anilines is 1. The second-order valence-electron chi connectivity index (χ2n) is 4.73. The molecule has 3 rings (SSSR count). The first-order valence-electron chi connectivity index (χ1n) is 6.18. The van der Waals surface area contributed by atoms with Gasteiger partial charge < -0.3 is 5.73 Å². The average Bonchev–Trinajstić information content (AvgIpc) is 2.77. The van der Waals surface area contributed by atoms with Gasteiger partial charge in [-0.2, -0.15) is 0 Å². The fraction of sp³-hybridized carbons (Fsp3) is 0.125. The zero-order valence-corrected chi connectivity index (χ0v) is 11.9. The highest BCUT2D eigenvalue weighted by Crippen LogP contribution is 2.36. The summed E-state index contributed by atoms with van der Waals surface area (Å²) >= 11 is 3.30. The molecular weight excluding hydrogens is 305 g/mol. The smallest absolute Gasteiger partial charge is 0.137 e. The van der Waals surface area contributed by atoms with Crippen molar-refractivity contribution < 1.29 is 4.39 Å². The maximum absolute atomic E-state index is 13.5. The molecule has 3 heteroatoms. The number of benzene rings is 2. The van der Waals surface area contributed by atoms with Gasteiger partial charge in [-0.3, -0.25) is 0 Å². The zero-order valence-electron chi connectivity index (χ0n) is 10.3. The molecule has 0 fully saturated rings. The Bertz CT molecular complexity index is 676. The van der Waals surface area contributed by atoms with Crippen molar-refractivity contribution in [2.75, 3.05) is 5.73 Å². The number of hydrogen-bond donors (Lipinski definition) is 1. The van der Waals surface area contributed by atoms with E-state index in [4.69, 9.17) is 5.73 Å². The predicted octanol–water partition coefficient (Wildman–Crippen LogP) is 4.66. The molecule has 96 valence electrons. The van der Waals surface area contributed by atoms with Crippen LogP contribution in [-0.2, 0) is 6.42 Å². The van der Waals surface area contributed by atoms with Crippen molar-refractivity contribution >= 4 is 33.3 Å². The molecule has 0 saturated carbocycles. The van der Waals surface area contributed by atoms with E-state index in [0.29, 0.717) is 4.47 Å². The second kappa shape index (κ2) is 4.82. The van der Waals surface area contributed by atoms with Crippen LogP contribution in [0.5, 0.6) is 0 Å². The van der Waals surface area contributed by atoms with E-state index in [1.54, 1.807) is 6.07 Å². The number of nitrogens with two attached hydrogens (primary N) is 1. The zero-order chi connectivity index (χ0) is 13.4. The van der Waals surface area contributed by atoms with E-state index in [1.807, 2.05) is 18.2 Å². The molecule has 2 N–H and O–H groups in total. The number of fused-ring (bicyclic) bond motifs is 1. The number of aryl methyl sites for hydroxylation is 1. The first-order valence-corrected chi connectivity index (χ1v) is 6.98. The number of halogens is 2. The van der Waals surface area contributed by atoms with Gasteiger partial charge in [0.2, 0.25) is 0 Å². The number of hydrogen-bond acceptors (Lipinski definition) is 1.